The van der Waals surface area contributed by atoms with E-state index in [9.17, 15) is 0 Å². The van der Waals surface area contributed by atoms with Crippen LogP contribution in [-0.2, 0) is 0 Å². The van der Waals surface area contributed by atoms with Gasteiger partial charge < -0.3 is 4.57 Å². The SMILES string of the molecule is C=Cc1c(/C=C\C)n(-c2ccccc2)c2cc3c4ccccc4n(-c4nc(-c5ccccc5)nc(-c5ccccc5)n4)c3cc12. The number of rotatable bonds is 6. The summed E-state index contributed by atoms with van der Waals surface area (Å²) in [6.07, 6.45) is 6.20. The molecule has 214 valence electrons. The first-order chi connectivity index (χ1) is 22.2. The predicted octanol–water partition coefficient (Wildman–Crippen LogP) is 9.92. The van der Waals surface area contributed by atoms with Gasteiger partial charge in [-0.1, -0.05) is 116 Å². The summed E-state index contributed by atoms with van der Waals surface area (Å²) in [5.74, 6) is 1.83. The van der Waals surface area contributed by atoms with E-state index in [0.717, 1.165) is 60.8 Å². The first kappa shape index (κ1) is 26.5. The summed E-state index contributed by atoms with van der Waals surface area (Å²) in [5, 5.41) is 3.36. The summed E-state index contributed by atoms with van der Waals surface area (Å²) in [4.78, 5) is 15.1. The van der Waals surface area contributed by atoms with Crippen molar-refractivity contribution in [1.82, 2.24) is 24.1 Å². The molecule has 0 spiro atoms. The van der Waals surface area contributed by atoms with Crippen LogP contribution in [0.1, 0.15) is 18.2 Å². The highest BCUT2D eigenvalue weighted by molar-refractivity contribution is 6.14. The molecular formula is C40H29N5. The van der Waals surface area contributed by atoms with Crippen LogP contribution in [0, 0.1) is 0 Å². The van der Waals surface area contributed by atoms with E-state index in [1.807, 2.05) is 79.7 Å². The van der Waals surface area contributed by atoms with Gasteiger partial charge >= 0.3 is 0 Å². The Morgan fingerprint density at radius 1 is 0.556 bits per heavy atom. The molecule has 5 nitrogen and oxygen atoms in total. The van der Waals surface area contributed by atoms with Crippen LogP contribution in [0.5, 0.6) is 0 Å². The van der Waals surface area contributed by atoms with Crippen molar-refractivity contribution in [3.05, 3.63) is 151 Å². The second-order valence-electron chi connectivity index (χ2n) is 10.9. The van der Waals surface area contributed by atoms with Gasteiger partial charge in [-0.05, 0) is 43.3 Å². The van der Waals surface area contributed by atoms with Gasteiger partial charge in [0.15, 0.2) is 11.6 Å². The molecule has 0 saturated carbocycles. The Kier molecular flexibility index (Phi) is 6.42. The van der Waals surface area contributed by atoms with Crippen molar-refractivity contribution >= 4 is 44.9 Å². The number of nitrogens with zero attached hydrogens (tertiary/aromatic N) is 5. The normalized spacial score (nSPS) is 11.7. The summed E-state index contributed by atoms with van der Waals surface area (Å²) in [6, 6.07) is 43.7. The average molecular weight is 580 g/mol. The van der Waals surface area contributed by atoms with Crippen LogP contribution in [0.3, 0.4) is 0 Å². The Bertz CT molecular complexity index is 2320. The van der Waals surface area contributed by atoms with Gasteiger partial charge in [0.2, 0.25) is 5.95 Å². The van der Waals surface area contributed by atoms with Crippen molar-refractivity contribution in [2.45, 2.75) is 6.92 Å². The molecule has 8 aromatic rings. The number of allylic oxidation sites excluding steroid dienone is 1. The topological polar surface area (TPSA) is 48.5 Å². The summed E-state index contributed by atoms with van der Waals surface area (Å²) in [5.41, 5.74) is 8.32. The van der Waals surface area contributed by atoms with Crippen LogP contribution in [0.2, 0.25) is 0 Å². The van der Waals surface area contributed by atoms with E-state index < -0.39 is 0 Å². The summed E-state index contributed by atoms with van der Waals surface area (Å²) in [6.45, 7) is 6.29. The Labute approximate surface area is 261 Å². The molecule has 3 heterocycles. The number of para-hydroxylation sites is 2. The number of hydrogen-bond donors (Lipinski definition) is 0. The largest absolute Gasteiger partial charge is 0.309 e. The quantitative estimate of drug-likeness (QED) is 0.197. The molecule has 0 aliphatic rings. The molecule has 0 radical (unpaired) electrons. The molecule has 5 heteroatoms. The molecule has 0 atom stereocenters. The second kappa shape index (κ2) is 10.9. The lowest BCUT2D eigenvalue weighted by molar-refractivity contribution is 0.954. The fourth-order valence-electron chi connectivity index (χ4n) is 6.30. The highest BCUT2D eigenvalue weighted by Gasteiger charge is 2.21. The maximum atomic E-state index is 5.10. The van der Waals surface area contributed by atoms with E-state index in [0.29, 0.717) is 17.6 Å². The molecule has 3 aromatic heterocycles. The molecule has 0 bridgehead atoms. The minimum atomic E-state index is 0.574. The number of benzene rings is 5. The molecule has 0 aliphatic heterocycles. The molecule has 0 unspecified atom stereocenters. The zero-order chi connectivity index (χ0) is 30.3. The fraction of sp³-hybridized carbons (Fsp3) is 0.0250. The lowest BCUT2D eigenvalue weighted by Crippen LogP contribution is -2.06. The molecule has 0 amide bonds. The van der Waals surface area contributed by atoms with Gasteiger partial charge in [0, 0.05) is 38.5 Å². The molecule has 0 fully saturated rings. The van der Waals surface area contributed by atoms with E-state index in [2.05, 4.69) is 88.5 Å². The van der Waals surface area contributed by atoms with Crippen LogP contribution in [0.4, 0.5) is 0 Å². The maximum Gasteiger partial charge on any atom is 0.238 e. The minimum Gasteiger partial charge on any atom is -0.309 e. The fourth-order valence-corrected chi connectivity index (χ4v) is 6.30. The van der Waals surface area contributed by atoms with Gasteiger partial charge in [-0.25, -0.2) is 4.98 Å². The van der Waals surface area contributed by atoms with Gasteiger partial charge in [0.05, 0.1) is 22.2 Å². The minimum absolute atomic E-state index is 0.574. The number of hydrogen-bond acceptors (Lipinski definition) is 3. The first-order valence-corrected chi connectivity index (χ1v) is 15.0. The van der Waals surface area contributed by atoms with Crippen molar-refractivity contribution in [3.63, 3.8) is 0 Å². The van der Waals surface area contributed by atoms with Gasteiger partial charge in [-0.2, -0.15) is 9.97 Å². The van der Waals surface area contributed by atoms with E-state index in [1.54, 1.807) is 0 Å². The monoisotopic (exact) mass is 579 g/mol. The predicted molar refractivity (Wildman–Crippen MR) is 187 cm³/mol. The van der Waals surface area contributed by atoms with E-state index in [1.165, 1.54) is 0 Å². The van der Waals surface area contributed by atoms with Gasteiger partial charge in [-0.3, -0.25) is 4.57 Å². The van der Waals surface area contributed by atoms with Crippen molar-refractivity contribution in [2.75, 3.05) is 0 Å². The number of aromatic nitrogens is 5. The molecule has 0 saturated heterocycles. The van der Waals surface area contributed by atoms with E-state index >= 15 is 0 Å². The van der Waals surface area contributed by atoms with Gasteiger partial charge in [0.25, 0.3) is 0 Å². The average Bonchev–Trinajstić information content (AvgIpc) is 3.59. The van der Waals surface area contributed by atoms with Crippen molar-refractivity contribution < 1.29 is 0 Å². The molecule has 45 heavy (non-hydrogen) atoms. The lowest BCUT2D eigenvalue weighted by Gasteiger charge is -2.11. The first-order valence-electron chi connectivity index (χ1n) is 15.0. The number of fused-ring (bicyclic) bond motifs is 4. The smallest absolute Gasteiger partial charge is 0.238 e. The third-order valence-corrected chi connectivity index (χ3v) is 8.27. The van der Waals surface area contributed by atoms with E-state index in [4.69, 9.17) is 15.0 Å². The van der Waals surface area contributed by atoms with E-state index in [-0.39, 0.29) is 0 Å². The summed E-state index contributed by atoms with van der Waals surface area (Å²) >= 11 is 0. The van der Waals surface area contributed by atoms with Crippen LogP contribution in [0.25, 0.3) is 79.3 Å². The van der Waals surface area contributed by atoms with Crippen LogP contribution in [-0.4, -0.2) is 24.1 Å². The zero-order valence-corrected chi connectivity index (χ0v) is 24.8. The highest BCUT2D eigenvalue weighted by atomic mass is 15.2. The van der Waals surface area contributed by atoms with Gasteiger partial charge in [-0.15, -0.1) is 0 Å². The lowest BCUT2D eigenvalue weighted by atomic mass is 10.1. The Hall–Kier alpha value is -6.07. The molecule has 5 aromatic carbocycles. The maximum absolute atomic E-state index is 5.10. The molecule has 8 rings (SSSR count). The summed E-state index contributed by atoms with van der Waals surface area (Å²) < 4.78 is 4.49. The Balaban J connectivity index is 1.49. The highest BCUT2D eigenvalue weighted by Crippen LogP contribution is 2.39. The second-order valence-corrected chi connectivity index (χ2v) is 10.9. The third kappa shape index (κ3) is 4.36. The van der Waals surface area contributed by atoms with Crippen molar-refractivity contribution in [2.24, 2.45) is 0 Å². The van der Waals surface area contributed by atoms with Gasteiger partial charge in [0.1, 0.15) is 0 Å². The van der Waals surface area contributed by atoms with Crippen molar-refractivity contribution in [3.8, 4) is 34.4 Å². The zero-order valence-electron chi connectivity index (χ0n) is 24.8. The molecular weight excluding hydrogens is 550 g/mol. The molecule has 0 N–H and O–H groups in total. The van der Waals surface area contributed by atoms with Crippen LogP contribution >= 0.6 is 0 Å². The van der Waals surface area contributed by atoms with Crippen molar-refractivity contribution in [1.29, 1.82) is 0 Å². The van der Waals surface area contributed by atoms with Crippen LogP contribution < -0.4 is 0 Å². The van der Waals surface area contributed by atoms with Crippen LogP contribution in [0.15, 0.2) is 140 Å². The Morgan fingerprint density at radius 3 is 1.73 bits per heavy atom. The Morgan fingerprint density at radius 2 is 1.11 bits per heavy atom. The third-order valence-electron chi connectivity index (χ3n) is 8.27. The standard InChI is InChI=1S/C40H29N5/c1-3-16-34-30(4-2)32-25-37-33(26-36(32)44(34)29-21-12-7-13-22-29)31-23-14-15-24-35(31)45(37)40-42-38(27-17-8-5-9-18-27)41-39(43-40)28-19-10-6-11-20-28/h3-26H,2H2,1H3/b16-3-. The summed E-state index contributed by atoms with van der Waals surface area (Å²) in [7, 11) is 0. The molecule has 0 aliphatic carbocycles.